The van der Waals surface area contributed by atoms with E-state index in [1.165, 1.54) is 14.0 Å². The zero-order chi connectivity index (χ0) is 38.5. The molecule has 54 heavy (non-hydrogen) atoms. The zero-order valence-electron chi connectivity index (χ0n) is 31.1. The summed E-state index contributed by atoms with van der Waals surface area (Å²) < 4.78 is 37.9. The summed E-state index contributed by atoms with van der Waals surface area (Å²) in [5.74, 6) is -5.06. The van der Waals surface area contributed by atoms with Gasteiger partial charge >= 0.3 is 17.9 Å². The van der Waals surface area contributed by atoms with Crippen molar-refractivity contribution in [1.29, 1.82) is 0 Å². The van der Waals surface area contributed by atoms with Gasteiger partial charge in [-0.1, -0.05) is 37.3 Å². The Kier molecular flexibility index (Phi) is 8.96. The first kappa shape index (κ1) is 37.3. The molecular weight excluding hydrogens is 700 g/mol. The van der Waals surface area contributed by atoms with Crippen molar-refractivity contribution < 1.29 is 58.1 Å². The number of likely N-dealkylation sites (tertiary alicyclic amines) is 1. The fourth-order valence-electron chi connectivity index (χ4n) is 13.0. The molecule has 7 bridgehead atoms. The normalized spacial score (nSPS) is 44.0. The fraction of sp³-hybridized carbons (Fsp3) is 0.625. The number of fused-ring (bicyclic) bond motifs is 2. The lowest BCUT2D eigenvalue weighted by Crippen LogP contribution is -2.81. The third-order valence-corrected chi connectivity index (χ3v) is 14.4. The van der Waals surface area contributed by atoms with Gasteiger partial charge in [-0.3, -0.25) is 9.69 Å². The number of methoxy groups -OCH3 is 3. The van der Waals surface area contributed by atoms with Gasteiger partial charge in [0.25, 0.3) is 0 Å². The predicted molar refractivity (Wildman–Crippen MR) is 190 cm³/mol. The summed E-state index contributed by atoms with van der Waals surface area (Å²) in [6.07, 6.45) is -6.60. The lowest BCUT2D eigenvalue weighted by atomic mass is 9.42. The predicted octanol–water partition coefficient (Wildman–Crippen LogP) is 1.44. The monoisotopic (exact) mass is 750 g/mol. The number of piperidine rings is 1. The average Bonchev–Trinajstić information content (AvgIpc) is 3.53. The van der Waals surface area contributed by atoms with Gasteiger partial charge in [-0.15, -0.1) is 0 Å². The third kappa shape index (κ3) is 4.55. The van der Waals surface area contributed by atoms with Crippen LogP contribution in [0.4, 0.5) is 5.69 Å². The third-order valence-electron chi connectivity index (χ3n) is 14.4. The van der Waals surface area contributed by atoms with Gasteiger partial charge in [0.1, 0.15) is 30.5 Å². The highest BCUT2D eigenvalue weighted by Gasteiger charge is 2.92. The number of carbonyl (C=O) groups excluding carboxylic acids is 3. The highest BCUT2D eigenvalue weighted by Crippen LogP contribution is 2.80. The van der Waals surface area contributed by atoms with Crippen molar-refractivity contribution in [3.63, 3.8) is 0 Å². The minimum Gasteiger partial charge on any atom is -0.461 e. The first-order valence-electron chi connectivity index (χ1n) is 18.7. The van der Waals surface area contributed by atoms with Gasteiger partial charge in [-0.05, 0) is 43.1 Å². The maximum atomic E-state index is 13.9. The van der Waals surface area contributed by atoms with Crippen LogP contribution in [0.5, 0.6) is 0 Å². The molecule has 5 N–H and O–H groups in total. The number of nitrogen functional groups attached to an aromatic ring is 1. The molecule has 14 heteroatoms. The number of rotatable bonds is 10. The number of anilines is 1. The summed E-state index contributed by atoms with van der Waals surface area (Å²) in [4.78, 5) is 43.2. The van der Waals surface area contributed by atoms with Crippen LogP contribution in [0, 0.1) is 34.5 Å². The van der Waals surface area contributed by atoms with Crippen LogP contribution in [0.25, 0.3) is 0 Å². The van der Waals surface area contributed by atoms with Crippen LogP contribution in [0.15, 0.2) is 54.6 Å². The van der Waals surface area contributed by atoms with Crippen molar-refractivity contribution in [3.8, 4) is 0 Å². The fourth-order valence-corrected chi connectivity index (χ4v) is 13.0. The first-order valence-corrected chi connectivity index (χ1v) is 18.7. The molecule has 15 atom stereocenters. The molecule has 14 nitrogen and oxygen atoms in total. The molecule has 5 aliphatic carbocycles. The first-order chi connectivity index (χ1) is 25.8. The average molecular weight is 751 g/mol. The van der Waals surface area contributed by atoms with Crippen LogP contribution in [-0.4, -0.2) is 133 Å². The molecule has 2 aromatic carbocycles. The van der Waals surface area contributed by atoms with Gasteiger partial charge in [0.05, 0.1) is 29.4 Å². The van der Waals surface area contributed by atoms with E-state index in [1.54, 1.807) is 68.8 Å². The van der Waals surface area contributed by atoms with E-state index in [0.717, 1.165) is 0 Å². The molecule has 2 aromatic rings. The van der Waals surface area contributed by atoms with Crippen LogP contribution >= 0.6 is 0 Å². The van der Waals surface area contributed by atoms with Crippen LogP contribution in [0.1, 0.15) is 47.4 Å². The Balaban J connectivity index is 1.35. The second-order valence-electron chi connectivity index (χ2n) is 16.2. The summed E-state index contributed by atoms with van der Waals surface area (Å²) in [7, 11) is 4.49. The van der Waals surface area contributed by atoms with E-state index >= 15 is 0 Å². The highest BCUT2D eigenvalue weighted by atomic mass is 16.6. The van der Waals surface area contributed by atoms with E-state index in [4.69, 9.17) is 34.2 Å². The molecule has 0 aromatic heterocycles. The summed E-state index contributed by atoms with van der Waals surface area (Å²) in [6, 6.07) is 14.5. The lowest BCUT2D eigenvalue weighted by Gasteiger charge is -2.70. The number of benzene rings is 2. The van der Waals surface area contributed by atoms with Gasteiger partial charge in [-0.25, -0.2) is 9.59 Å². The van der Waals surface area contributed by atoms with Crippen LogP contribution in [0.3, 0.4) is 0 Å². The molecule has 0 amide bonds. The van der Waals surface area contributed by atoms with Gasteiger partial charge < -0.3 is 49.5 Å². The van der Waals surface area contributed by atoms with Crippen molar-refractivity contribution in [2.24, 2.45) is 34.5 Å². The number of carbonyl (C=O) groups is 3. The number of aliphatic hydroxyl groups is 3. The number of para-hydroxylation sites is 1. The van der Waals surface area contributed by atoms with Gasteiger partial charge in [-0.2, -0.15) is 0 Å². The number of nitrogens with zero attached hydrogens (tertiary/aromatic N) is 1. The van der Waals surface area contributed by atoms with Gasteiger partial charge in [0.15, 0.2) is 5.60 Å². The summed E-state index contributed by atoms with van der Waals surface area (Å²) >= 11 is 0. The van der Waals surface area contributed by atoms with Gasteiger partial charge in [0, 0.05) is 81.5 Å². The second-order valence-corrected chi connectivity index (χ2v) is 16.2. The molecule has 0 radical (unpaired) electrons. The SMILES string of the molecule is CCN1C[C@@]2(COC(=O)c3ccccc3N)C3[C@@H](OC)C4C1[C@@]3(C1C[C@@]3(O)[C@H](OC(=O)c5ccccc5)C1[C@]4(OC(C)=O)[C@@H](O)[C@@H]3OC)[C@@H](OC)C[C@H]2O. The van der Waals surface area contributed by atoms with Crippen molar-refractivity contribution in [1.82, 2.24) is 4.90 Å². The van der Waals surface area contributed by atoms with Crippen molar-refractivity contribution >= 4 is 23.6 Å². The molecule has 292 valence electrons. The van der Waals surface area contributed by atoms with Crippen molar-refractivity contribution in [2.45, 2.75) is 80.6 Å². The topological polar surface area (TPSA) is 197 Å². The maximum absolute atomic E-state index is 13.9. The molecule has 1 aliphatic heterocycles. The maximum Gasteiger partial charge on any atom is 0.340 e. The molecule has 5 saturated carbocycles. The largest absolute Gasteiger partial charge is 0.461 e. The van der Waals surface area contributed by atoms with Crippen LogP contribution in [0.2, 0.25) is 0 Å². The smallest absolute Gasteiger partial charge is 0.340 e. The summed E-state index contributed by atoms with van der Waals surface area (Å²) in [5.41, 5.74) is 0.998. The number of esters is 3. The molecule has 1 spiro atoms. The van der Waals surface area contributed by atoms with Crippen molar-refractivity contribution in [2.75, 3.05) is 46.8 Å². The van der Waals surface area contributed by atoms with E-state index in [-0.39, 0.29) is 42.8 Å². The lowest BCUT2D eigenvalue weighted by molar-refractivity contribution is -0.322. The Hall–Kier alpha value is -3.63. The molecule has 6 aliphatic rings. The number of aliphatic hydroxyl groups excluding tert-OH is 2. The molecule has 8 rings (SSSR count). The van der Waals surface area contributed by atoms with E-state index in [1.807, 2.05) is 6.92 Å². The summed E-state index contributed by atoms with van der Waals surface area (Å²) in [6.45, 7) is 3.78. The second kappa shape index (κ2) is 13.0. The van der Waals surface area contributed by atoms with Crippen LogP contribution in [-0.2, 0) is 33.2 Å². The van der Waals surface area contributed by atoms with E-state index in [0.29, 0.717) is 6.54 Å². The Bertz CT molecular complexity index is 1810. The number of nitrogens with two attached hydrogens (primary N) is 1. The van der Waals surface area contributed by atoms with E-state index < -0.39 is 106 Å². The zero-order valence-corrected chi connectivity index (χ0v) is 31.1. The Morgan fingerprint density at radius 3 is 2.26 bits per heavy atom. The molecule has 5 unspecified atom stereocenters. The molecule has 1 heterocycles. The standard InChI is InChI=1S/C40H50N2O12/c1-6-42-18-37(19-52-36(47)22-14-10-11-15-24(22)41)25(44)16-26(49-3)39-23-17-38(48)33(53-35(46)21-12-8-7-9-13-21)27(23)40(54-20(2)43,32(45)34(38)51-5)28(31(39)42)29(50-4)30(37)39/h7-15,23,25-34,44-45,48H,6,16-19,41H2,1-5H3/t23?,25-,26+,27?,28?,29+,30?,31?,32+,33-,34+,37+,38-,39+,40-/m1/s1. The summed E-state index contributed by atoms with van der Waals surface area (Å²) in [5, 5.41) is 38.0. The minimum absolute atomic E-state index is 0.0247. The Morgan fingerprint density at radius 1 is 0.926 bits per heavy atom. The number of hydrogen-bond donors (Lipinski definition) is 4. The van der Waals surface area contributed by atoms with Crippen molar-refractivity contribution in [3.05, 3.63) is 65.7 Å². The Labute approximate surface area is 313 Å². The molecule has 1 saturated heterocycles. The number of hydrogen-bond acceptors (Lipinski definition) is 14. The van der Waals surface area contributed by atoms with E-state index in [2.05, 4.69) is 4.90 Å². The highest BCUT2D eigenvalue weighted by molar-refractivity contribution is 5.95. The molecular formula is C40H50N2O12. The van der Waals surface area contributed by atoms with Gasteiger partial charge in [0.2, 0.25) is 0 Å². The van der Waals surface area contributed by atoms with E-state index in [9.17, 15) is 29.7 Å². The quantitative estimate of drug-likeness (QED) is 0.155. The Morgan fingerprint density at radius 2 is 1.63 bits per heavy atom. The minimum atomic E-state index is -1.93. The number of ether oxygens (including phenoxy) is 6. The van der Waals surface area contributed by atoms with Crippen LogP contribution < -0.4 is 5.73 Å². The molecule has 6 fully saturated rings.